The average molecular weight is 363 g/mol. The standard InChI is InChI=1S/C20H17N3O2S/c1-2-25-17-8-6-14(7-9-17)19(24)21-16-5-3-4-15(12-16)18-13-23-10-11-26-20(23)22-18/h3-13H,2H2,1H3,(H,21,24). The van der Waals surface area contributed by atoms with Gasteiger partial charge in [-0.1, -0.05) is 12.1 Å². The van der Waals surface area contributed by atoms with Crippen LogP contribution in [-0.2, 0) is 0 Å². The molecule has 1 amide bonds. The van der Waals surface area contributed by atoms with E-state index in [1.165, 1.54) is 0 Å². The molecule has 0 aliphatic carbocycles. The van der Waals surface area contributed by atoms with E-state index in [0.717, 1.165) is 27.7 Å². The molecule has 0 unspecified atom stereocenters. The zero-order valence-corrected chi connectivity index (χ0v) is 15.0. The number of imidazole rings is 1. The van der Waals surface area contributed by atoms with Gasteiger partial charge in [-0.3, -0.25) is 9.20 Å². The van der Waals surface area contributed by atoms with Gasteiger partial charge < -0.3 is 10.1 Å². The van der Waals surface area contributed by atoms with Gasteiger partial charge in [-0.15, -0.1) is 11.3 Å². The zero-order chi connectivity index (χ0) is 17.9. The van der Waals surface area contributed by atoms with Gasteiger partial charge in [0.25, 0.3) is 5.91 Å². The molecule has 4 aromatic rings. The maximum Gasteiger partial charge on any atom is 0.255 e. The fourth-order valence-electron chi connectivity index (χ4n) is 2.70. The summed E-state index contributed by atoms with van der Waals surface area (Å²) in [7, 11) is 0. The number of thiazole rings is 1. The first kappa shape index (κ1) is 16.4. The third kappa shape index (κ3) is 3.32. The molecule has 6 heteroatoms. The number of hydrogen-bond donors (Lipinski definition) is 1. The largest absolute Gasteiger partial charge is 0.494 e. The zero-order valence-electron chi connectivity index (χ0n) is 14.2. The molecule has 0 saturated heterocycles. The third-order valence-corrected chi connectivity index (χ3v) is 4.71. The van der Waals surface area contributed by atoms with Crippen LogP contribution in [0.1, 0.15) is 17.3 Å². The Hall–Kier alpha value is -3.12. The van der Waals surface area contributed by atoms with Crippen molar-refractivity contribution in [1.29, 1.82) is 0 Å². The van der Waals surface area contributed by atoms with Crippen LogP contribution in [0.15, 0.2) is 66.3 Å². The molecule has 0 aliphatic heterocycles. The van der Waals surface area contributed by atoms with E-state index in [1.54, 1.807) is 35.6 Å². The number of fused-ring (bicyclic) bond motifs is 1. The second-order valence-electron chi connectivity index (χ2n) is 5.71. The van der Waals surface area contributed by atoms with Crippen molar-refractivity contribution in [2.45, 2.75) is 6.92 Å². The van der Waals surface area contributed by atoms with Gasteiger partial charge in [-0.25, -0.2) is 4.98 Å². The first-order valence-electron chi connectivity index (χ1n) is 8.30. The number of nitrogens with zero attached hydrogens (tertiary/aromatic N) is 2. The topological polar surface area (TPSA) is 55.6 Å². The molecule has 0 spiro atoms. The Kier molecular flexibility index (Phi) is 4.41. The Morgan fingerprint density at radius 1 is 1.23 bits per heavy atom. The Morgan fingerprint density at radius 3 is 2.85 bits per heavy atom. The fraction of sp³-hybridized carbons (Fsp3) is 0.100. The first-order valence-corrected chi connectivity index (χ1v) is 9.18. The molecular weight excluding hydrogens is 346 g/mol. The molecule has 4 rings (SSSR count). The number of amides is 1. The molecule has 0 aliphatic rings. The minimum absolute atomic E-state index is 0.156. The minimum atomic E-state index is -0.156. The summed E-state index contributed by atoms with van der Waals surface area (Å²) in [5.74, 6) is 0.599. The molecule has 0 atom stereocenters. The summed E-state index contributed by atoms with van der Waals surface area (Å²) in [5.41, 5.74) is 3.17. The van der Waals surface area contributed by atoms with Gasteiger partial charge in [0, 0.05) is 34.6 Å². The Bertz CT molecular complexity index is 1020. The normalized spacial score (nSPS) is 10.8. The lowest BCUT2D eigenvalue weighted by Crippen LogP contribution is -2.11. The Labute approximate surface area is 154 Å². The van der Waals surface area contributed by atoms with Gasteiger partial charge in [0.05, 0.1) is 12.3 Å². The Morgan fingerprint density at radius 2 is 2.08 bits per heavy atom. The van der Waals surface area contributed by atoms with Crippen LogP contribution in [-0.4, -0.2) is 21.9 Å². The number of benzene rings is 2. The summed E-state index contributed by atoms with van der Waals surface area (Å²) >= 11 is 1.59. The predicted molar refractivity (Wildman–Crippen MR) is 104 cm³/mol. The number of carbonyl (C=O) groups is 1. The van der Waals surface area contributed by atoms with Gasteiger partial charge in [-0.05, 0) is 43.3 Å². The predicted octanol–water partition coefficient (Wildman–Crippen LogP) is 4.71. The van der Waals surface area contributed by atoms with Crippen molar-refractivity contribution in [3.05, 3.63) is 71.9 Å². The molecular formula is C20H17N3O2S. The fourth-order valence-corrected chi connectivity index (χ4v) is 3.40. The first-order chi connectivity index (χ1) is 12.7. The molecule has 0 bridgehead atoms. The number of rotatable bonds is 5. The van der Waals surface area contributed by atoms with Crippen molar-refractivity contribution >= 4 is 27.9 Å². The van der Waals surface area contributed by atoms with Crippen molar-refractivity contribution in [2.24, 2.45) is 0 Å². The number of hydrogen-bond acceptors (Lipinski definition) is 4. The molecule has 5 nitrogen and oxygen atoms in total. The van der Waals surface area contributed by atoms with Crippen LogP contribution in [0, 0.1) is 0 Å². The summed E-state index contributed by atoms with van der Waals surface area (Å²) in [6.07, 6.45) is 3.97. The molecule has 130 valence electrons. The average Bonchev–Trinajstić information content (AvgIpc) is 3.25. The van der Waals surface area contributed by atoms with E-state index >= 15 is 0 Å². The van der Waals surface area contributed by atoms with E-state index in [1.807, 2.05) is 53.4 Å². The van der Waals surface area contributed by atoms with E-state index in [4.69, 9.17) is 4.74 Å². The number of anilines is 1. The maximum absolute atomic E-state index is 12.5. The van der Waals surface area contributed by atoms with E-state index in [0.29, 0.717) is 12.2 Å². The highest BCUT2D eigenvalue weighted by atomic mass is 32.1. The van der Waals surface area contributed by atoms with E-state index in [9.17, 15) is 4.79 Å². The van der Waals surface area contributed by atoms with Crippen molar-refractivity contribution in [3.8, 4) is 17.0 Å². The number of carbonyl (C=O) groups excluding carboxylic acids is 1. The summed E-state index contributed by atoms with van der Waals surface area (Å²) in [5, 5.41) is 4.94. The van der Waals surface area contributed by atoms with Crippen LogP contribution in [0.5, 0.6) is 5.75 Å². The molecule has 1 N–H and O–H groups in total. The number of aromatic nitrogens is 2. The highest BCUT2D eigenvalue weighted by Gasteiger charge is 2.09. The van der Waals surface area contributed by atoms with E-state index < -0.39 is 0 Å². The van der Waals surface area contributed by atoms with Crippen LogP contribution in [0.3, 0.4) is 0 Å². The molecule has 0 radical (unpaired) electrons. The molecule has 26 heavy (non-hydrogen) atoms. The minimum Gasteiger partial charge on any atom is -0.494 e. The van der Waals surface area contributed by atoms with Gasteiger partial charge in [-0.2, -0.15) is 0 Å². The van der Waals surface area contributed by atoms with Gasteiger partial charge >= 0.3 is 0 Å². The van der Waals surface area contributed by atoms with Crippen LogP contribution in [0.2, 0.25) is 0 Å². The lowest BCUT2D eigenvalue weighted by atomic mass is 10.1. The summed E-state index contributed by atoms with van der Waals surface area (Å²) in [4.78, 5) is 18.0. The van der Waals surface area contributed by atoms with Crippen molar-refractivity contribution in [3.63, 3.8) is 0 Å². The monoisotopic (exact) mass is 363 g/mol. The van der Waals surface area contributed by atoms with Gasteiger partial charge in [0.2, 0.25) is 0 Å². The second kappa shape index (κ2) is 7.01. The molecule has 2 aromatic heterocycles. The van der Waals surface area contributed by atoms with Crippen molar-refractivity contribution in [2.75, 3.05) is 11.9 Å². The van der Waals surface area contributed by atoms with Gasteiger partial charge in [0.1, 0.15) is 5.75 Å². The third-order valence-electron chi connectivity index (χ3n) is 3.94. The van der Waals surface area contributed by atoms with Crippen LogP contribution in [0.25, 0.3) is 16.2 Å². The number of nitrogens with one attached hydrogen (secondary N) is 1. The van der Waals surface area contributed by atoms with Gasteiger partial charge in [0.15, 0.2) is 4.96 Å². The second-order valence-corrected chi connectivity index (χ2v) is 6.58. The summed E-state index contributed by atoms with van der Waals surface area (Å²) in [6.45, 7) is 2.53. The Balaban J connectivity index is 1.52. The number of ether oxygens (including phenoxy) is 1. The van der Waals surface area contributed by atoms with Crippen LogP contribution in [0.4, 0.5) is 5.69 Å². The van der Waals surface area contributed by atoms with E-state index in [-0.39, 0.29) is 5.91 Å². The van der Waals surface area contributed by atoms with E-state index in [2.05, 4.69) is 10.3 Å². The lowest BCUT2D eigenvalue weighted by Gasteiger charge is -2.08. The lowest BCUT2D eigenvalue weighted by molar-refractivity contribution is 0.102. The highest BCUT2D eigenvalue weighted by Crippen LogP contribution is 2.24. The maximum atomic E-state index is 12.5. The summed E-state index contributed by atoms with van der Waals surface area (Å²) < 4.78 is 7.39. The molecule has 0 fully saturated rings. The van der Waals surface area contributed by atoms with Crippen LogP contribution < -0.4 is 10.1 Å². The smallest absolute Gasteiger partial charge is 0.255 e. The summed E-state index contributed by atoms with van der Waals surface area (Å²) in [6, 6.07) is 14.8. The SMILES string of the molecule is CCOc1ccc(C(=O)Nc2cccc(-c3cn4ccsc4n3)c2)cc1. The quantitative estimate of drug-likeness (QED) is 0.558. The van der Waals surface area contributed by atoms with Crippen LogP contribution >= 0.6 is 11.3 Å². The highest BCUT2D eigenvalue weighted by molar-refractivity contribution is 7.15. The molecule has 2 heterocycles. The van der Waals surface area contributed by atoms with Crippen molar-refractivity contribution < 1.29 is 9.53 Å². The molecule has 0 saturated carbocycles. The van der Waals surface area contributed by atoms with Crippen molar-refractivity contribution in [1.82, 2.24) is 9.38 Å². The molecule has 2 aromatic carbocycles.